The molecule has 0 saturated heterocycles. The van der Waals surface area contributed by atoms with Gasteiger partial charge < -0.3 is 24.3 Å². The van der Waals surface area contributed by atoms with Crippen LogP contribution in [-0.2, 0) is 22.6 Å². The maximum Gasteiger partial charge on any atom is 0.223 e. The van der Waals surface area contributed by atoms with Crippen LogP contribution < -0.4 is 19.5 Å². The van der Waals surface area contributed by atoms with Gasteiger partial charge in [-0.1, -0.05) is 12.1 Å². The summed E-state index contributed by atoms with van der Waals surface area (Å²) in [6.45, 7) is 1.10. The lowest BCUT2D eigenvalue weighted by atomic mass is 10.1. The minimum atomic E-state index is -0.339. The number of carbonyl (C=O) groups excluding carboxylic acids is 1. The summed E-state index contributed by atoms with van der Waals surface area (Å²) in [6, 6.07) is 10.1. The molecule has 0 unspecified atom stereocenters. The van der Waals surface area contributed by atoms with Gasteiger partial charge in [0.15, 0.2) is 18.3 Å². The van der Waals surface area contributed by atoms with Crippen LogP contribution >= 0.6 is 0 Å². The molecule has 1 amide bonds. The molecule has 3 rings (SSSR count). The van der Waals surface area contributed by atoms with Crippen molar-refractivity contribution in [2.45, 2.75) is 19.4 Å². The average Bonchev–Trinajstić information content (AvgIpc) is 2.68. The first-order valence-electron chi connectivity index (χ1n) is 8.71. The number of nitrogens with one attached hydrogen (secondary N) is 1. The van der Waals surface area contributed by atoms with Gasteiger partial charge in [0.1, 0.15) is 11.6 Å². The summed E-state index contributed by atoms with van der Waals surface area (Å²) in [7, 11) is 1.57. The van der Waals surface area contributed by atoms with Gasteiger partial charge in [0.2, 0.25) is 5.91 Å². The molecule has 0 aliphatic carbocycles. The maximum absolute atomic E-state index is 13.7. The third-order valence-corrected chi connectivity index (χ3v) is 4.12. The Hall–Kier alpha value is -2.80. The number of fused-ring (bicyclic) bond motifs is 1. The van der Waals surface area contributed by atoms with Crippen LogP contribution in [0.3, 0.4) is 0 Å². The van der Waals surface area contributed by atoms with Crippen molar-refractivity contribution < 1.29 is 28.1 Å². The number of methoxy groups -OCH3 is 1. The minimum Gasteiger partial charge on any atom is -0.493 e. The fourth-order valence-electron chi connectivity index (χ4n) is 2.86. The summed E-state index contributed by atoms with van der Waals surface area (Å²) in [4.78, 5) is 12.0. The molecule has 1 aliphatic heterocycles. The first-order valence-corrected chi connectivity index (χ1v) is 8.71. The van der Waals surface area contributed by atoms with E-state index in [0.717, 1.165) is 5.56 Å². The molecular weight excluding hydrogens is 353 g/mol. The Morgan fingerprint density at radius 2 is 2.07 bits per heavy atom. The molecule has 7 heteroatoms. The van der Waals surface area contributed by atoms with Crippen molar-refractivity contribution >= 4 is 5.91 Å². The molecule has 27 heavy (non-hydrogen) atoms. The predicted molar refractivity (Wildman–Crippen MR) is 96.5 cm³/mol. The van der Waals surface area contributed by atoms with E-state index in [9.17, 15) is 9.18 Å². The Morgan fingerprint density at radius 3 is 2.89 bits per heavy atom. The molecule has 1 aliphatic rings. The highest BCUT2D eigenvalue weighted by Gasteiger charge is 2.17. The molecule has 2 aromatic carbocycles. The second-order valence-corrected chi connectivity index (χ2v) is 6.01. The number of hydrogen-bond acceptors (Lipinski definition) is 5. The van der Waals surface area contributed by atoms with Gasteiger partial charge in [-0.15, -0.1) is 0 Å². The van der Waals surface area contributed by atoms with Crippen LogP contribution in [0.5, 0.6) is 17.2 Å². The number of para-hydroxylation sites is 2. The molecule has 2 aromatic rings. The van der Waals surface area contributed by atoms with Crippen molar-refractivity contribution in [3.05, 3.63) is 53.3 Å². The fourth-order valence-corrected chi connectivity index (χ4v) is 2.86. The van der Waals surface area contributed by atoms with Crippen molar-refractivity contribution in [3.63, 3.8) is 0 Å². The molecule has 0 saturated carbocycles. The van der Waals surface area contributed by atoms with E-state index >= 15 is 0 Å². The second kappa shape index (κ2) is 9.23. The minimum absolute atomic E-state index is 0.139. The van der Waals surface area contributed by atoms with Gasteiger partial charge in [-0.3, -0.25) is 4.79 Å². The van der Waals surface area contributed by atoms with Crippen LogP contribution in [0.2, 0.25) is 0 Å². The lowest BCUT2D eigenvalue weighted by Crippen LogP contribution is -2.27. The van der Waals surface area contributed by atoms with Crippen molar-refractivity contribution in [1.29, 1.82) is 0 Å². The van der Waals surface area contributed by atoms with E-state index in [1.54, 1.807) is 19.2 Å². The zero-order valence-electron chi connectivity index (χ0n) is 15.1. The van der Waals surface area contributed by atoms with Crippen molar-refractivity contribution in [3.8, 4) is 17.2 Å². The highest BCUT2D eigenvalue weighted by atomic mass is 19.1. The van der Waals surface area contributed by atoms with Crippen LogP contribution in [0.4, 0.5) is 4.39 Å². The summed E-state index contributed by atoms with van der Waals surface area (Å²) in [6.07, 6.45) is 0.683. The molecule has 0 radical (unpaired) electrons. The molecule has 1 N–H and O–H groups in total. The Bertz CT molecular complexity index is 796. The Labute approximate surface area is 157 Å². The quantitative estimate of drug-likeness (QED) is 0.769. The third-order valence-electron chi connectivity index (χ3n) is 4.12. The Kier molecular flexibility index (Phi) is 6.49. The normalized spacial score (nSPS) is 12.7. The lowest BCUT2D eigenvalue weighted by Gasteiger charge is -2.21. The number of rotatable bonds is 8. The Morgan fingerprint density at radius 1 is 1.26 bits per heavy atom. The maximum atomic E-state index is 13.7. The molecule has 0 aromatic heterocycles. The monoisotopic (exact) mass is 375 g/mol. The average molecular weight is 375 g/mol. The fraction of sp³-hybridized carbons (Fsp3) is 0.350. The molecule has 144 valence electrons. The predicted octanol–water partition coefficient (Wildman–Crippen LogP) is 2.83. The lowest BCUT2D eigenvalue weighted by molar-refractivity contribution is -0.121. The SMILES string of the molecule is COc1ccccc1OCCC(=O)NCCc1cc(F)cc2c1OCOC2. The zero-order chi connectivity index (χ0) is 19.1. The molecule has 1 heterocycles. The van der Waals surface area contributed by atoms with E-state index < -0.39 is 0 Å². The second-order valence-electron chi connectivity index (χ2n) is 6.01. The van der Waals surface area contributed by atoms with Gasteiger partial charge in [-0.05, 0) is 36.2 Å². The van der Waals surface area contributed by atoms with Crippen LogP contribution in [0.25, 0.3) is 0 Å². The van der Waals surface area contributed by atoms with E-state index in [2.05, 4.69) is 5.32 Å². The summed E-state index contributed by atoms with van der Waals surface area (Å²) >= 11 is 0. The Balaban J connectivity index is 1.44. The molecular formula is C20H22FNO5. The molecule has 0 atom stereocenters. The number of halogens is 1. The number of ether oxygens (including phenoxy) is 4. The summed E-state index contributed by atoms with van der Waals surface area (Å²) < 4.78 is 35.1. The number of carbonyl (C=O) groups is 1. The van der Waals surface area contributed by atoms with E-state index in [0.29, 0.717) is 42.4 Å². The topological polar surface area (TPSA) is 66.0 Å². The number of amides is 1. The summed E-state index contributed by atoms with van der Waals surface area (Å²) in [5.41, 5.74) is 1.41. The van der Waals surface area contributed by atoms with Crippen molar-refractivity contribution in [2.75, 3.05) is 27.1 Å². The van der Waals surface area contributed by atoms with Gasteiger partial charge in [-0.2, -0.15) is 0 Å². The summed E-state index contributed by atoms with van der Waals surface area (Å²) in [5, 5.41) is 2.81. The number of benzene rings is 2. The van der Waals surface area contributed by atoms with Gasteiger partial charge >= 0.3 is 0 Å². The van der Waals surface area contributed by atoms with E-state index in [1.165, 1.54) is 12.1 Å². The van der Waals surface area contributed by atoms with Gasteiger partial charge in [-0.25, -0.2) is 4.39 Å². The standard InChI is InChI=1S/C20H22FNO5/c1-24-17-4-2-3-5-18(17)26-9-7-19(23)22-8-6-14-10-16(21)11-15-12-25-13-27-20(14)15/h2-5,10-11H,6-9,12-13H2,1H3,(H,22,23). The van der Waals surface area contributed by atoms with Crippen molar-refractivity contribution in [2.24, 2.45) is 0 Å². The molecule has 0 fully saturated rings. The molecule has 0 bridgehead atoms. The first-order chi connectivity index (χ1) is 13.2. The van der Waals surface area contributed by atoms with Crippen molar-refractivity contribution in [1.82, 2.24) is 5.32 Å². The van der Waals surface area contributed by atoms with E-state index in [4.69, 9.17) is 18.9 Å². The highest BCUT2D eigenvalue weighted by Crippen LogP contribution is 2.29. The smallest absolute Gasteiger partial charge is 0.223 e. The van der Waals surface area contributed by atoms with E-state index in [1.807, 2.05) is 12.1 Å². The van der Waals surface area contributed by atoms with Gasteiger partial charge in [0.25, 0.3) is 0 Å². The zero-order valence-corrected chi connectivity index (χ0v) is 15.1. The van der Waals surface area contributed by atoms with Crippen LogP contribution in [-0.4, -0.2) is 33.0 Å². The van der Waals surface area contributed by atoms with Gasteiger partial charge in [0, 0.05) is 12.1 Å². The van der Waals surface area contributed by atoms with Crippen LogP contribution in [0.15, 0.2) is 36.4 Å². The van der Waals surface area contributed by atoms with Crippen LogP contribution in [0.1, 0.15) is 17.5 Å². The largest absolute Gasteiger partial charge is 0.493 e. The first kappa shape index (κ1) is 19.0. The highest BCUT2D eigenvalue weighted by molar-refractivity contribution is 5.76. The van der Waals surface area contributed by atoms with E-state index in [-0.39, 0.29) is 31.5 Å². The van der Waals surface area contributed by atoms with Crippen LogP contribution in [0, 0.1) is 5.82 Å². The summed E-state index contributed by atoms with van der Waals surface area (Å²) in [5.74, 6) is 1.39. The third kappa shape index (κ3) is 5.10. The van der Waals surface area contributed by atoms with Gasteiger partial charge in [0.05, 0.1) is 26.7 Å². The number of hydrogen-bond donors (Lipinski definition) is 1. The molecule has 0 spiro atoms. The molecule has 6 nitrogen and oxygen atoms in total.